The molecule has 42 heavy (non-hydrogen) atoms. The van der Waals surface area contributed by atoms with E-state index < -0.39 is 51.1 Å². The molecule has 0 aliphatic heterocycles. The van der Waals surface area contributed by atoms with Crippen molar-refractivity contribution in [3.63, 3.8) is 0 Å². The average Bonchev–Trinajstić information content (AvgIpc) is 2.96. The zero-order chi connectivity index (χ0) is 31.5. The molecule has 0 rings (SSSR count). The maximum atomic E-state index is 12.3. The van der Waals surface area contributed by atoms with Crippen LogP contribution in [0.3, 0.4) is 0 Å². The monoisotopic (exact) mass is 621 g/mol. The summed E-state index contributed by atoms with van der Waals surface area (Å²) in [5, 5.41) is 8.74. The van der Waals surface area contributed by atoms with Crippen LogP contribution in [-0.4, -0.2) is 59.9 Å². The number of carboxylic acids is 1. The molecule has 0 spiro atoms. The molecule has 0 radical (unpaired) electrons. The number of hydrogen-bond acceptors (Lipinski definition) is 9. The van der Waals surface area contributed by atoms with Crippen LogP contribution in [0.1, 0.15) is 129 Å². The minimum Gasteiger partial charge on any atom is -0.480 e. The predicted octanol–water partition coefficient (Wildman–Crippen LogP) is 6.60. The molecule has 0 heterocycles. The second-order valence-corrected chi connectivity index (χ2v) is 12.0. The van der Waals surface area contributed by atoms with Crippen molar-refractivity contribution in [2.24, 2.45) is 5.73 Å². The van der Waals surface area contributed by atoms with Crippen molar-refractivity contribution in [2.45, 2.75) is 142 Å². The summed E-state index contributed by atoms with van der Waals surface area (Å²) < 4.78 is 31.6. The molecule has 0 amide bonds. The topological polar surface area (TPSA) is 172 Å². The number of carbonyl (C=O) groups excluding carboxylic acids is 2. The van der Waals surface area contributed by atoms with E-state index in [0.29, 0.717) is 6.42 Å². The van der Waals surface area contributed by atoms with Crippen molar-refractivity contribution < 1.29 is 47.5 Å². The smallest absolute Gasteiger partial charge is 0.472 e. The zero-order valence-electron chi connectivity index (χ0n) is 25.8. The van der Waals surface area contributed by atoms with E-state index in [1.807, 2.05) is 0 Å². The SMILES string of the molecule is CCCCCCCCC/C=C\CCCCCCCCCC(=O)OC(COC(=O)CC)COP(=O)(O)OCC(N)C(=O)O. The Labute approximate surface area is 252 Å². The van der Waals surface area contributed by atoms with Crippen LogP contribution in [0.5, 0.6) is 0 Å². The van der Waals surface area contributed by atoms with Crippen LogP contribution in [0.25, 0.3) is 0 Å². The Bertz CT molecular complexity index is 792. The molecule has 0 aromatic carbocycles. The van der Waals surface area contributed by atoms with Crippen molar-refractivity contribution in [1.82, 2.24) is 0 Å². The van der Waals surface area contributed by atoms with Gasteiger partial charge in [-0.3, -0.25) is 23.4 Å². The Hall–Kier alpha value is -1.78. The Morgan fingerprint density at radius 3 is 1.76 bits per heavy atom. The Morgan fingerprint density at radius 1 is 0.738 bits per heavy atom. The van der Waals surface area contributed by atoms with Gasteiger partial charge in [-0.15, -0.1) is 0 Å². The largest absolute Gasteiger partial charge is 0.480 e. The highest BCUT2D eigenvalue weighted by Gasteiger charge is 2.28. The van der Waals surface area contributed by atoms with Crippen LogP contribution >= 0.6 is 7.82 Å². The molecule has 246 valence electrons. The van der Waals surface area contributed by atoms with Crippen molar-refractivity contribution >= 4 is 25.7 Å². The second kappa shape index (κ2) is 26.8. The first-order valence-corrected chi connectivity index (χ1v) is 17.2. The number of nitrogens with two attached hydrogens (primary N) is 1. The van der Waals surface area contributed by atoms with Crippen LogP contribution < -0.4 is 5.73 Å². The number of unbranched alkanes of at least 4 members (excludes halogenated alkanes) is 14. The van der Waals surface area contributed by atoms with Gasteiger partial charge in [0.15, 0.2) is 6.10 Å². The molecule has 0 saturated heterocycles. The Kier molecular flexibility index (Phi) is 25.7. The van der Waals surface area contributed by atoms with E-state index >= 15 is 0 Å². The van der Waals surface area contributed by atoms with Gasteiger partial charge in [-0.25, -0.2) is 4.57 Å². The van der Waals surface area contributed by atoms with Gasteiger partial charge in [0.2, 0.25) is 0 Å². The van der Waals surface area contributed by atoms with Crippen molar-refractivity contribution in [2.75, 3.05) is 19.8 Å². The molecule has 3 unspecified atom stereocenters. The van der Waals surface area contributed by atoms with Gasteiger partial charge in [0.1, 0.15) is 12.6 Å². The van der Waals surface area contributed by atoms with E-state index in [1.165, 1.54) is 70.6 Å². The second-order valence-electron chi connectivity index (χ2n) is 10.5. The number of ether oxygens (including phenoxy) is 2. The zero-order valence-corrected chi connectivity index (χ0v) is 26.7. The maximum Gasteiger partial charge on any atom is 0.472 e. The van der Waals surface area contributed by atoms with E-state index in [4.69, 9.17) is 24.8 Å². The van der Waals surface area contributed by atoms with Gasteiger partial charge in [0.25, 0.3) is 0 Å². The fraction of sp³-hybridized carbons (Fsp3) is 0.833. The van der Waals surface area contributed by atoms with Gasteiger partial charge in [0.05, 0.1) is 13.2 Å². The number of rotatable bonds is 29. The van der Waals surface area contributed by atoms with Gasteiger partial charge in [-0.1, -0.05) is 96.6 Å². The molecule has 3 atom stereocenters. The third-order valence-corrected chi connectivity index (χ3v) is 7.52. The van der Waals surface area contributed by atoms with Gasteiger partial charge >= 0.3 is 25.7 Å². The summed E-state index contributed by atoms with van der Waals surface area (Å²) in [6.07, 6.45) is 22.7. The third-order valence-electron chi connectivity index (χ3n) is 6.57. The summed E-state index contributed by atoms with van der Waals surface area (Å²) in [7, 11) is -4.67. The van der Waals surface area contributed by atoms with Gasteiger partial charge in [0, 0.05) is 12.8 Å². The van der Waals surface area contributed by atoms with E-state index in [1.54, 1.807) is 6.92 Å². The third kappa shape index (κ3) is 25.9. The van der Waals surface area contributed by atoms with E-state index in [-0.39, 0.29) is 19.4 Å². The Balaban J connectivity index is 4.04. The molecule has 0 aromatic rings. The minimum absolute atomic E-state index is 0.103. The average molecular weight is 622 g/mol. The highest BCUT2D eigenvalue weighted by atomic mass is 31.2. The lowest BCUT2D eigenvalue weighted by Crippen LogP contribution is -2.34. The summed E-state index contributed by atoms with van der Waals surface area (Å²) in [6, 6.07) is -1.51. The maximum absolute atomic E-state index is 12.3. The van der Waals surface area contributed by atoms with Crippen molar-refractivity contribution in [1.29, 1.82) is 0 Å². The predicted molar refractivity (Wildman–Crippen MR) is 162 cm³/mol. The molecule has 0 aliphatic carbocycles. The number of carboxylic acid groups (broad SMARTS) is 1. The quantitative estimate of drug-likeness (QED) is 0.0355. The molecule has 0 aliphatic rings. The number of esters is 2. The highest BCUT2D eigenvalue weighted by Crippen LogP contribution is 2.43. The molecule has 0 aromatic heterocycles. The minimum atomic E-state index is -4.67. The lowest BCUT2D eigenvalue weighted by atomic mass is 10.1. The van der Waals surface area contributed by atoms with Crippen molar-refractivity contribution in [3.8, 4) is 0 Å². The summed E-state index contributed by atoms with van der Waals surface area (Å²) >= 11 is 0. The van der Waals surface area contributed by atoms with Crippen LogP contribution in [0, 0.1) is 0 Å². The molecule has 0 fully saturated rings. The molecule has 12 heteroatoms. The lowest BCUT2D eigenvalue weighted by molar-refractivity contribution is -0.161. The molecule has 11 nitrogen and oxygen atoms in total. The number of carbonyl (C=O) groups is 3. The lowest BCUT2D eigenvalue weighted by Gasteiger charge is -2.20. The number of phosphoric ester groups is 1. The van der Waals surface area contributed by atoms with Crippen LogP contribution in [0.2, 0.25) is 0 Å². The standard InChI is InChI=1S/C30H56NO10P/c1-3-5-6-7-8-9-10-11-12-13-14-15-16-17-18-19-20-21-22-29(33)41-26(23-38-28(32)4-2)24-39-42(36,37)40-25-27(31)30(34)35/h12-13,26-27H,3-11,14-25,31H2,1-2H3,(H,34,35)(H,36,37)/b13-12-. The highest BCUT2D eigenvalue weighted by molar-refractivity contribution is 7.47. The number of aliphatic carboxylic acids is 1. The number of phosphoric acid groups is 1. The first kappa shape index (κ1) is 40.2. The normalized spacial score (nSPS) is 14.4. The van der Waals surface area contributed by atoms with E-state index in [0.717, 1.165) is 25.7 Å². The number of allylic oxidation sites excluding steroid dienone is 2. The first-order chi connectivity index (χ1) is 20.1. The Morgan fingerprint density at radius 2 is 1.24 bits per heavy atom. The fourth-order valence-corrected chi connectivity index (χ4v) is 4.76. The van der Waals surface area contributed by atoms with Crippen LogP contribution in [0.4, 0.5) is 0 Å². The first-order valence-electron chi connectivity index (χ1n) is 15.7. The summed E-state index contributed by atoms with van der Waals surface area (Å²) in [6.45, 7) is 2.14. The molecule has 0 bridgehead atoms. The summed E-state index contributed by atoms with van der Waals surface area (Å²) in [5.74, 6) is -2.49. The molecule has 0 saturated carbocycles. The summed E-state index contributed by atoms with van der Waals surface area (Å²) in [4.78, 5) is 44.2. The van der Waals surface area contributed by atoms with E-state index in [9.17, 15) is 23.8 Å². The molecular formula is C30H56NO10P. The summed E-state index contributed by atoms with van der Waals surface area (Å²) in [5.41, 5.74) is 5.24. The molecular weight excluding hydrogens is 565 g/mol. The molecule has 4 N–H and O–H groups in total. The van der Waals surface area contributed by atoms with Crippen LogP contribution in [0.15, 0.2) is 12.2 Å². The van der Waals surface area contributed by atoms with Gasteiger partial charge < -0.3 is 25.2 Å². The van der Waals surface area contributed by atoms with E-state index in [2.05, 4.69) is 23.6 Å². The number of hydrogen-bond donors (Lipinski definition) is 3. The van der Waals surface area contributed by atoms with Crippen molar-refractivity contribution in [3.05, 3.63) is 12.2 Å². The fourth-order valence-electron chi connectivity index (χ4n) is 3.98. The van der Waals surface area contributed by atoms with Gasteiger partial charge in [-0.2, -0.15) is 0 Å². The van der Waals surface area contributed by atoms with Crippen LogP contribution in [-0.2, 0) is 37.5 Å². The van der Waals surface area contributed by atoms with Gasteiger partial charge in [-0.05, 0) is 32.1 Å².